The smallest absolute Gasteiger partial charge is 0.0619 e. The first-order chi connectivity index (χ1) is 7.79. The number of rotatable bonds is 3. The lowest BCUT2D eigenvalue weighted by atomic mass is 10.4. The van der Waals surface area contributed by atoms with Gasteiger partial charge in [-0.2, -0.15) is 0 Å². The number of hydrogen-bond donors (Lipinski definition) is 0. The molecule has 0 aliphatic rings. The van der Waals surface area contributed by atoms with Crippen LogP contribution in [0.5, 0.6) is 0 Å². The fourth-order valence-corrected chi connectivity index (χ4v) is 4.08. The van der Waals surface area contributed by atoms with Gasteiger partial charge in [-0.1, -0.05) is 36.4 Å². The maximum absolute atomic E-state index is 2.29. The molecule has 0 aliphatic carbocycles. The molecule has 0 radical (unpaired) electrons. The predicted octanol–water partition coefficient (Wildman–Crippen LogP) is 4.13. The van der Waals surface area contributed by atoms with Crippen LogP contribution in [0.4, 0.5) is 0 Å². The van der Waals surface area contributed by atoms with Crippen LogP contribution in [0, 0.1) is 0 Å². The minimum Gasteiger partial charge on any atom is -0.0619 e. The zero-order chi connectivity index (χ0) is 11.4. The molecule has 0 aromatic heterocycles. The third-order valence-corrected chi connectivity index (χ3v) is 4.97. The van der Waals surface area contributed by atoms with Crippen LogP contribution < -0.4 is 0 Å². The lowest BCUT2D eigenvalue weighted by molar-refractivity contribution is 1.08. The van der Waals surface area contributed by atoms with Crippen LogP contribution in [-0.4, -0.2) is 5.25 Å². The van der Waals surface area contributed by atoms with Crippen molar-refractivity contribution >= 4 is 10.9 Å². The van der Waals surface area contributed by atoms with Crippen molar-refractivity contribution in [1.29, 1.82) is 0 Å². The van der Waals surface area contributed by atoms with E-state index in [-0.39, 0.29) is 10.9 Å². The Bertz CT molecular complexity index is 380. The molecule has 0 atom stereocenters. The molecule has 0 nitrogen and oxygen atoms in total. The fourth-order valence-electron chi connectivity index (χ4n) is 1.81. The standard InChI is InChI=1S/C15H17S/c1-13(2)16(14-9-5-3-6-10-14)15-11-7-4-8-12-15/h3-13H,1-2H3/q+1. The molecular weight excluding hydrogens is 212 g/mol. The summed E-state index contributed by atoms with van der Waals surface area (Å²) in [5.74, 6) is 0. The summed E-state index contributed by atoms with van der Waals surface area (Å²) in [6.07, 6.45) is 0. The van der Waals surface area contributed by atoms with Crippen LogP contribution in [0.3, 0.4) is 0 Å². The third-order valence-electron chi connectivity index (χ3n) is 2.47. The van der Waals surface area contributed by atoms with Crippen LogP contribution in [0.2, 0.25) is 0 Å². The van der Waals surface area contributed by atoms with Crippen molar-refractivity contribution in [2.24, 2.45) is 0 Å². The maximum Gasteiger partial charge on any atom is 0.160 e. The molecule has 2 rings (SSSR count). The van der Waals surface area contributed by atoms with Crippen molar-refractivity contribution in [1.82, 2.24) is 0 Å². The van der Waals surface area contributed by atoms with E-state index in [1.165, 1.54) is 9.79 Å². The van der Waals surface area contributed by atoms with Crippen molar-refractivity contribution in [3.8, 4) is 0 Å². The molecule has 0 bridgehead atoms. The van der Waals surface area contributed by atoms with E-state index in [9.17, 15) is 0 Å². The molecule has 0 saturated carbocycles. The first-order valence-corrected chi connectivity index (χ1v) is 6.91. The monoisotopic (exact) mass is 229 g/mol. The Kier molecular flexibility index (Phi) is 3.68. The molecular formula is C15H17S+. The summed E-state index contributed by atoms with van der Waals surface area (Å²) in [7, 11) is 0.197. The van der Waals surface area contributed by atoms with Gasteiger partial charge in [0, 0.05) is 0 Å². The number of benzene rings is 2. The molecule has 1 heteroatoms. The van der Waals surface area contributed by atoms with E-state index < -0.39 is 0 Å². The average Bonchev–Trinajstić information content (AvgIpc) is 2.31. The van der Waals surface area contributed by atoms with Crippen LogP contribution in [-0.2, 0) is 10.9 Å². The van der Waals surface area contributed by atoms with Gasteiger partial charge in [-0.15, -0.1) is 0 Å². The summed E-state index contributed by atoms with van der Waals surface area (Å²) in [5, 5.41) is 0.643. The van der Waals surface area contributed by atoms with E-state index in [1.807, 2.05) is 0 Å². The van der Waals surface area contributed by atoms with Gasteiger partial charge in [-0.25, -0.2) is 0 Å². The third kappa shape index (κ3) is 2.48. The molecule has 0 amide bonds. The van der Waals surface area contributed by atoms with E-state index in [0.717, 1.165) is 0 Å². The highest BCUT2D eigenvalue weighted by Crippen LogP contribution is 2.26. The molecule has 0 N–H and O–H groups in total. The molecule has 0 saturated heterocycles. The molecule has 0 spiro atoms. The van der Waals surface area contributed by atoms with E-state index in [4.69, 9.17) is 0 Å². The SMILES string of the molecule is CC(C)[S+](c1ccccc1)c1ccccc1. The van der Waals surface area contributed by atoms with E-state index in [0.29, 0.717) is 5.25 Å². The lowest BCUT2D eigenvalue weighted by Crippen LogP contribution is -2.15. The Labute approximate surface area is 101 Å². The molecule has 0 fully saturated rings. The first kappa shape index (κ1) is 11.3. The van der Waals surface area contributed by atoms with Crippen LogP contribution in [0.25, 0.3) is 0 Å². The molecule has 0 unspecified atom stereocenters. The van der Waals surface area contributed by atoms with Crippen molar-refractivity contribution < 1.29 is 0 Å². The van der Waals surface area contributed by atoms with Crippen LogP contribution >= 0.6 is 0 Å². The average molecular weight is 229 g/mol. The Morgan fingerprint density at radius 1 is 0.688 bits per heavy atom. The second-order valence-electron chi connectivity index (χ2n) is 4.01. The minimum atomic E-state index is 0.197. The normalized spacial score (nSPS) is 11.0. The van der Waals surface area contributed by atoms with Crippen LogP contribution in [0.15, 0.2) is 70.5 Å². The fraction of sp³-hybridized carbons (Fsp3) is 0.200. The van der Waals surface area contributed by atoms with Gasteiger partial charge >= 0.3 is 0 Å². The van der Waals surface area contributed by atoms with E-state index >= 15 is 0 Å². The Morgan fingerprint density at radius 2 is 1.06 bits per heavy atom. The predicted molar refractivity (Wildman–Crippen MR) is 71.9 cm³/mol. The zero-order valence-electron chi connectivity index (χ0n) is 9.76. The summed E-state index contributed by atoms with van der Waals surface area (Å²) >= 11 is 0. The van der Waals surface area contributed by atoms with E-state index in [1.54, 1.807) is 0 Å². The van der Waals surface area contributed by atoms with Gasteiger partial charge in [0.05, 0.1) is 10.9 Å². The summed E-state index contributed by atoms with van der Waals surface area (Å²) in [6, 6.07) is 21.6. The Hall–Kier alpha value is -1.21. The highest BCUT2D eigenvalue weighted by molar-refractivity contribution is 7.97. The highest BCUT2D eigenvalue weighted by atomic mass is 32.2. The topological polar surface area (TPSA) is 0 Å². The van der Waals surface area contributed by atoms with Crippen molar-refractivity contribution in [2.45, 2.75) is 28.9 Å². The van der Waals surface area contributed by atoms with Gasteiger partial charge in [0.25, 0.3) is 0 Å². The van der Waals surface area contributed by atoms with Gasteiger partial charge in [0.1, 0.15) is 5.25 Å². The quantitative estimate of drug-likeness (QED) is 0.694. The number of hydrogen-bond acceptors (Lipinski definition) is 0. The summed E-state index contributed by atoms with van der Waals surface area (Å²) in [5.41, 5.74) is 0. The summed E-state index contributed by atoms with van der Waals surface area (Å²) < 4.78 is 0. The molecule has 2 aromatic carbocycles. The van der Waals surface area contributed by atoms with Gasteiger partial charge in [-0.05, 0) is 38.1 Å². The second-order valence-corrected chi connectivity index (χ2v) is 6.57. The summed E-state index contributed by atoms with van der Waals surface area (Å²) in [4.78, 5) is 2.87. The largest absolute Gasteiger partial charge is 0.160 e. The lowest BCUT2D eigenvalue weighted by Gasteiger charge is -2.10. The highest BCUT2D eigenvalue weighted by Gasteiger charge is 2.28. The Balaban J connectivity index is 2.40. The van der Waals surface area contributed by atoms with Gasteiger partial charge in [-0.3, -0.25) is 0 Å². The first-order valence-electron chi connectivity index (χ1n) is 5.62. The van der Waals surface area contributed by atoms with Gasteiger partial charge in [0.15, 0.2) is 9.79 Å². The minimum absolute atomic E-state index is 0.197. The van der Waals surface area contributed by atoms with Crippen molar-refractivity contribution in [3.63, 3.8) is 0 Å². The van der Waals surface area contributed by atoms with Crippen LogP contribution in [0.1, 0.15) is 13.8 Å². The Morgan fingerprint density at radius 3 is 1.38 bits per heavy atom. The second kappa shape index (κ2) is 5.22. The zero-order valence-corrected chi connectivity index (χ0v) is 10.6. The van der Waals surface area contributed by atoms with Crippen molar-refractivity contribution in [2.75, 3.05) is 0 Å². The maximum atomic E-state index is 2.29. The molecule has 82 valence electrons. The van der Waals surface area contributed by atoms with Gasteiger partial charge in [0.2, 0.25) is 0 Å². The molecule has 0 heterocycles. The summed E-state index contributed by atoms with van der Waals surface area (Å²) in [6.45, 7) is 4.59. The van der Waals surface area contributed by atoms with Crippen molar-refractivity contribution in [3.05, 3.63) is 60.7 Å². The van der Waals surface area contributed by atoms with E-state index in [2.05, 4.69) is 74.5 Å². The molecule has 16 heavy (non-hydrogen) atoms. The molecule has 0 aliphatic heterocycles. The van der Waals surface area contributed by atoms with Gasteiger partial charge < -0.3 is 0 Å². The molecule has 2 aromatic rings.